The molecular weight excluding hydrogens is 246 g/mol. The van der Waals surface area contributed by atoms with Gasteiger partial charge in [0, 0.05) is 31.4 Å². The molecule has 1 saturated carbocycles. The van der Waals surface area contributed by atoms with Gasteiger partial charge in [0.05, 0.1) is 0 Å². The third kappa shape index (κ3) is 4.20. The second kappa shape index (κ2) is 7.07. The zero-order valence-corrected chi connectivity index (χ0v) is 13.4. The quantitative estimate of drug-likeness (QED) is 0.784. The first-order valence-electron chi connectivity index (χ1n) is 8.13. The Morgan fingerprint density at radius 2 is 2.05 bits per heavy atom. The third-order valence-corrected chi connectivity index (χ3v) is 3.85. The molecule has 0 amide bonds. The molecule has 0 unspecified atom stereocenters. The Balaban J connectivity index is 2.18. The topological polar surface area (TPSA) is 28.2 Å². The van der Waals surface area contributed by atoms with E-state index in [0.29, 0.717) is 5.92 Å². The van der Waals surface area contributed by atoms with Crippen LogP contribution < -0.4 is 10.2 Å². The minimum Gasteiger partial charge on any atom is -0.357 e. The summed E-state index contributed by atoms with van der Waals surface area (Å²) in [5.74, 6) is 1.63. The van der Waals surface area contributed by atoms with Crippen LogP contribution in [0, 0.1) is 0 Å². The Bertz CT molecular complexity index is 424. The largest absolute Gasteiger partial charge is 0.357 e. The molecule has 1 aromatic heterocycles. The molecule has 0 atom stereocenters. The zero-order valence-electron chi connectivity index (χ0n) is 13.4. The molecule has 112 valence electrons. The molecule has 1 heterocycles. The van der Waals surface area contributed by atoms with Crippen LogP contribution in [0.1, 0.15) is 64.1 Å². The highest BCUT2D eigenvalue weighted by molar-refractivity contribution is 5.43. The Labute approximate surface area is 123 Å². The molecular formula is C17H29N3. The fourth-order valence-corrected chi connectivity index (χ4v) is 2.41. The lowest BCUT2D eigenvalue weighted by molar-refractivity contribution is 0.681. The van der Waals surface area contributed by atoms with Crippen LogP contribution in [0.4, 0.5) is 5.82 Å². The predicted octanol–water partition coefficient (Wildman–Crippen LogP) is 3.69. The molecule has 3 nitrogen and oxygen atoms in total. The first kappa shape index (κ1) is 15.3. The summed E-state index contributed by atoms with van der Waals surface area (Å²) in [6.07, 6.45) is 3.84. The maximum Gasteiger partial charge on any atom is 0.129 e. The van der Waals surface area contributed by atoms with Gasteiger partial charge in [0.2, 0.25) is 0 Å². The molecule has 0 bridgehead atoms. The summed E-state index contributed by atoms with van der Waals surface area (Å²) in [7, 11) is 0. The Hall–Kier alpha value is -1.09. The highest BCUT2D eigenvalue weighted by Crippen LogP contribution is 2.23. The van der Waals surface area contributed by atoms with Crippen LogP contribution in [0.3, 0.4) is 0 Å². The fourth-order valence-electron chi connectivity index (χ4n) is 2.41. The van der Waals surface area contributed by atoms with E-state index in [0.717, 1.165) is 37.9 Å². The highest BCUT2D eigenvalue weighted by Gasteiger charge is 2.20. The standard InChI is InChI=1S/C17H29N3/c1-5-9-20(6-2)17-11-14(12-18-15-7-8-15)10-16(19-17)13(3)4/h10-11,13,15,18H,5-9,12H2,1-4H3. The average molecular weight is 275 g/mol. The van der Waals surface area contributed by atoms with Gasteiger partial charge >= 0.3 is 0 Å². The smallest absolute Gasteiger partial charge is 0.129 e. The van der Waals surface area contributed by atoms with Gasteiger partial charge in [-0.1, -0.05) is 20.8 Å². The van der Waals surface area contributed by atoms with E-state index in [1.165, 1.54) is 24.1 Å². The molecule has 1 aliphatic carbocycles. The number of anilines is 1. The summed E-state index contributed by atoms with van der Waals surface area (Å²) in [5.41, 5.74) is 2.59. The Morgan fingerprint density at radius 3 is 2.60 bits per heavy atom. The second-order valence-corrected chi connectivity index (χ2v) is 6.15. The van der Waals surface area contributed by atoms with E-state index in [-0.39, 0.29) is 0 Å². The van der Waals surface area contributed by atoms with Crippen molar-refractivity contribution in [2.75, 3.05) is 18.0 Å². The van der Waals surface area contributed by atoms with Crippen molar-refractivity contribution >= 4 is 5.82 Å². The molecule has 0 saturated heterocycles. The van der Waals surface area contributed by atoms with Crippen LogP contribution in [0.2, 0.25) is 0 Å². The molecule has 2 rings (SSSR count). The normalized spacial score (nSPS) is 14.8. The molecule has 0 aliphatic heterocycles. The van der Waals surface area contributed by atoms with E-state index in [2.05, 4.69) is 50.0 Å². The summed E-state index contributed by atoms with van der Waals surface area (Å²) in [6.45, 7) is 12.0. The van der Waals surface area contributed by atoms with Crippen molar-refractivity contribution in [1.29, 1.82) is 0 Å². The summed E-state index contributed by atoms with van der Waals surface area (Å²) in [5, 5.41) is 3.61. The Morgan fingerprint density at radius 1 is 1.30 bits per heavy atom. The number of hydrogen-bond donors (Lipinski definition) is 1. The van der Waals surface area contributed by atoms with E-state index in [1.54, 1.807) is 0 Å². The lowest BCUT2D eigenvalue weighted by atomic mass is 10.1. The van der Waals surface area contributed by atoms with Crippen LogP contribution in [0.25, 0.3) is 0 Å². The van der Waals surface area contributed by atoms with Crippen LogP contribution in [0.5, 0.6) is 0 Å². The van der Waals surface area contributed by atoms with Gasteiger partial charge in [0.1, 0.15) is 5.82 Å². The minimum absolute atomic E-state index is 0.481. The van der Waals surface area contributed by atoms with Crippen molar-refractivity contribution in [2.24, 2.45) is 0 Å². The van der Waals surface area contributed by atoms with Gasteiger partial charge in [-0.15, -0.1) is 0 Å². The van der Waals surface area contributed by atoms with Gasteiger partial charge in [-0.2, -0.15) is 0 Å². The molecule has 0 spiro atoms. The number of aromatic nitrogens is 1. The van der Waals surface area contributed by atoms with Crippen molar-refractivity contribution in [3.63, 3.8) is 0 Å². The molecule has 1 N–H and O–H groups in total. The number of hydrogen-bond acceptors (Lipinski definition) is 3. The van der Waals surface area contributed by atoms with Gasteiger partial charge < -0.3 is 10.2 Å². The number of nitrogens with one attached hydrogen (secondary N) is 1. The number of pyridine rings is 1. The van der Waals surface area contributed by atoms with Crippen molar-refractivity contribution in [3.8, 4) is 0 Å². The first-order chi connectivity index (χ1) is 9.63. The van der Waals surface area contributed by atoms with Gasteiger partial charge in [0.15, 0.2) is 0 Å². The maximum absolute atomic E-state index is 4.86. The molecule has 1 fully saturated rings. The number of nitrogens with zero attached hydrogens (tertiary/aromatic N) is 2. The summed E-state index contributed by atoms with van der Waals surface area (Å²) in [4.78, 5) is 7.25. The first-order valence-corrected chi connectivity index (χ1v) is 8.13. The van der Waals surface area contributed by atoms with Crippen LogP contribution in [0.15, 0.2) is 12.1 Å². The second-order valence-electron chi connectivity index (χ2n) is 6.15. The van der Waals surface area contributed by atoms with E-state index in [1.807, 2.05) is 0 Å². The predicted molar refractivity (Wildman–Crippen MR) is 86.4 cm³/mol. The molecule has 0 radical (unpaired) electrons. The lowest BCUT2D eigenvalue weighted by Gasteiger charge is -2.23. The molecule has 0 aromatic carbocycles. The minimum atomic E-state index is 0.481. The van der Waals surface area contributed by atoms with E-state index >= 15 is 0 Å². The van der Waals surface area contributed by atoms with Crippen LogP contribution in [-0.4, -0.2) is 24.1 Å². The molecule has 20 heavy (non-hydrogen) atoms. The fraction of sp³-hybridized carbons (Fsp3) is 0.706. The van der Waals surface area contributed by atoms with Crippen molar-refractivity contribution in [3.05, 3.63) is 23.4 Å². The average Bonchev–Trinajstić information content (AvgIpc) is 3.26. The maximum atomic E-state index is 4.86. The van der Waals surface area contributed by atoms with Crippen molar-refractivity contribution in [2.45, 2.75) is 65.5 Å². The molecule has 1 aliphatic rings. The van der Waals surface area contributed by atoms with Crippen LogP contribution in [-0.2, 0) is 6.54 Å². The summed E-state index contributed by atoms with van der Waals surface area (Å²) >= 11 is 0. The summed E-state index contributed by atoms with van der Waals surface area (Å²) in [6, 6.07) is 5.29. The van der Waals surface area contributed by atoms with Gasteiger partial charge in [-0.25, -0.2) is 4.98 Å². The van der Waals surface area contributed by atoms with E-state index in [4.69, 9.17) is 4.98 Å². The van der Waals surface area contributed by atoms with Gasteiger partial charge in [-0.05, 0) is 49.8 Å². The zero-order chi connectivity index (χ0) is 14.5. The molecule has 1 aromatic rings. The van der Waals surface area contributed by atoms with Crippen LogP contribution >= 0.6 is 0 Å². The van der Waals surface area contributed by atoms with Crippen molar-refractivity contribution < 1.29 is 0 Å². The SMILES string of the molecule is CCCN(CC)c1cc(CNC2CC2)cc(C(C)C)n1. The van der Waals surface area contributed by atoms with E-state index in [9.17, 15) is 0 Å². The van der Waals surface area contributed by atoms with E-state index < -0.39 is 0 Å². The number of rotatable bonds is 8. The monoisotopic (exact) mass is 275 g/mol. The Kier molecular flexibility index (Phi) is 5.41. The lowest BCUT2D eigenvalue weighted by Crippen LogP contribution is -2.25. The highest BCUT2D eigenvalue weighted by atomic mass is 15.2. The molecule has 3 heteroatoms. The van der Waals surface area contributed by atoms with Crippen molar-refractivity contribution in [1.82, 2.24) is 10.3 Å². The van der Waals surface area contributed by atoms with Gasteiger partial charge in [-0.3, -0.25) is 0 Å². The third-order valence-electron chi connectivity index (χ3n) is 3.85. The summed E-state index contributed by atoms with van der Waals surface area (Å²) < 4.78 is 0. The van der Waals surface area contributed by atoms with Gasteiger partial charge in [0.25, 0.3) is 0 Å².